The Morgan fingerprint density at radius 3 is 2.96 bits per heavy atom. The van der Waals surface area contributed by atoms with E-state index < -0.39 is 0 Å². The van der Waals surface area contributed by atoms with Crippen molar-refractivity contribution in [2.75, 3.05) is 19.7 Å². The van der Waals surface area contributed by atoms with Crippen LogP contribution in [0.4, 0.5) is 0 Å². The molecule has 2 aliphatic rings. The van der Waals surface area contributed by atoms with Crippen molar-refractivity contribution in [3.63, 3.8) is 0 Å². The first kappa shape index (κ1) is 16.1. The molecule has 0 N–H and O–H groups in total. The summed E-state index contributed by atoms with van der Waals surface area (Å²) < 4.78 is 12.2. The van der Waals surface area contributed by atoms with Gasteiger partial charge in [-0.2, -0.15) is 0 Å². The molecule has 1 spiro atoms. The number of hydrogen-bond donors (Lipinski definition) is 0. The average Bonchev–Trinajstić information content (AvgIpc) is 2.98. The van der Waals surface area contributed by atoms with Crippen molar-refractivity contribution in [2.45, 2.75) is 44.6 Å². The Morgan fingerprint density at radius 2 is 2.21 bits per heavy atom. The summed E-state index contributed by atoms with van der Waals surface area (Å²) >= 11 is 1.68. The summed E-state index contributed by atoms with van der Waals surface area (Å²) in [5.74, 6) is 0. The van der Waals surface area contributed by atoms with Gasteiger partial charge in [0.15, 0.2) is 0 Å². The van der Waals surface area contributed by atoms with E-state index in [2.05, 4.69) is 32.4 Å². The molecule has 0 saturated carbocycles. The summed E-state index contributed by atoms with van der Waals surface area (Å²) in [6, 6.07) is 4.16. The smallest absolute Gasteiger partial charge is 0.0959 e. The van der Waals surface area contributed by atoms with Crippen LogP contribution in [-0.4, -0.2) is 46.3 Å². The van der Waals surface area contributed by atoms with Crippen molar-refractivity contribution in [2.24, 2.45) is 0 Å². The molecule has 24 heavy (non-hydrogen) atoms. The first-order valence-electron chi connectivity index (χ1n) is 8.49. The topological polar surface area (TPSA) is 47.5 Å². The Morgan fingerprint density at radius 1 is 1.38 bits per heavy atom. The lowest BCUT2D eigenvalue weighted by Crippen LogP contribution is -2.65. The van der Waals surface area contributed by atoms with Crippen LogP contribution in [0.2, 0.25) is 0 Å². The van der Waals surface area contributed by atoms with Gasteiger partial charge in [0, 0.05) is 50.4 Å². The van der Waals surface area contributed by atoms with E-state index in [4.69, 9.17) is 9.47 Å². The Kier molecular flexibility index (Phi) is 4.63. The zero-order chi connectivity index (χ0) is 16.4. The van der Waals surface area contributed by atoms with Gasteiger partial charge in [-0.25, -0.2) is 4.98 Å². The van der Waals surface area contributed by atoms with Gasteiger partial charge in [0.2, 0.25) is 0 Å². The molecule has 2 aliphatic heterocycles. The fourth-order valence-corrected chi connectivity index (χ4v) is 4.25. The van der Waals surface area contributed by atoms with Crippen LogP contribution in [0.5, 0.6) is 0 Å². The van der Waals surface area contributed by atoms with Crippen LogP contribution in [0.15, 0.2) is 29.9 Å². The Labute approximate surface area is 146 Å². The van der Waals surface area contributed by atoms with Crippen LogP contribution in [-0.2, 0) is 22.6 Å². The second-order valence-corrected chi connectivity index (χ2v) is 7.88. The molecule has 2 fully saturated rings. The quantitative estimate of drug-likeness (QED) is 0.834. The van der Waals surface area contributed by atoms with Gasteiger partial charge < -0.3 is 9.47 Å². The van der Waals surface area contributed by atoms with Crippen LogP contribution < -0.4 is 0 Å². The number of likely N-dealkylation sites (tertiary alicyclic amines) is 1. The van der Waals surface area contributed by atoms with Gasteiger partial charge in [-0.1, -0.05) is 0 Å². The van der Waals surface area contributed by atoms with E-state index in [0.29, 0.717) is 6.61 Å². The number of ether oxygens (including phenoxy) is 2. The second kappa shape index (κ2) is 6.88. The largest absolute Gasteiger partial charge is 0.372 e. The van der Waals surface area contributed by atoms with Crippen LogP contribution in [0.25, 0.3) is 0 Å². The summed E-state index contributed by atoms with van der Waals surface area (Å²) in [5, 5.41) is 3.19. The number of rotatable bonds is 5. The molecule has 2 saturated heterocycles. The van der Waals surface area contributed by atoms with Gasteiger partial charge in [-0.15, -0.1) is 11.3 Å². The molecule has 128 valence electrons. The third-order valence-electron chi connectivity index (χ3n) is 4.76. The molecule has 2 aromatic heterocycles. The van der Waals surface area contributed by atoms with Crippen molar-refractivity contribution in [3.05, 3.63) is 46.2 Å². The van der Waals surface area contributed by atoms with Crippen LogP contribution >= 0.6 is 11.3 Å². The van der Waals surface area contributed by atoms with Gasteiger partial charge in [0.25, 0.3) is 0 Å². The van der Waals surface area contributed by atoms with Gasteiger partial charge in [-0.05, 0) is 31.0 Å². The van der Waals surface area contributed by atoms with E-state index in [9.17, 15) is 0 Å². The predicted octanol–water partition coefficient (Wildman–Crippen LogP) is 2.80. The number of hydrogen-bond acceptors (Lipinski definition) is 6. The maximum absolute atomic E-state index is 6.11. The third kappa shape index (κ3) is 3.67. The van der Waals surface area contributed by atoms with Gasteiger partial charge in [0.1, 0.15) is 0 Å². The minimum absolute atomic E-state index is 0.00601. The monoisotopic (exact) mass is 345 g/mol. The summed E-state index contributed by atoms with van der Waals surface area (Å²) in [5.41, 5.74) is 2.35. The molecule has 4 heterocycles. The lowest BCUT2D eigenvalue weighted by molar-refractivity contribution is -0.200. The van der Waals surface area contributed by atoms with E-state index in [1.807, 2.05) is 19.3 Å². The summed E-state index contributed by atoms with van der Waals surface area (Å²) in [6.45, 7) is 6.40. The highest BCUT2D eigenvalue weighted by molar-refractivity contribution is 7.09. The molecule has 5 nitrogen and oxygen atoms in total. The first-order chi connectivity index (χ1) is 11.7. The van der Waals surface area contributed by atoms with Crippen molar-refractivity contribution < 1.29 is 9.47 Å². The maximum Gasteiger partial charge on any atom is 0.0959 e. The molecule has 6 heteroatoms. The van der Waals surface area contributed by atoms with Crippen LogP contribution in [0.1, 0.15) is 29.1 Å². The highest BCUT2D eigenvalue weighted by Gasteiger charge is 2.47. The zero-order valence-corrected chi connectivity index (χ0v) is 14.8. The SMILES string of the molecule is Cc1nc(CO[C@@H]2CCOC3(C2)CN(Cc2ccncc2)C3)cs1. The predicted molar refractivity (Wildman–Crippen MR) is 92.9 cm³/mol. The van der Waals surface area contributed by atoms with Crippen molar-refractivity contribution in [1.29, 1.82) is 0 Å². The Hall–Kier alpha value is -1.34. The van der Waals surface area contributed by atoms with E-state index in [-0.39, 0.29) is 11.7 Å². The lowest BCUT2D eigenvalue weighted by Gasteiger charge is -2.53. The molecule has 0 bridgehead atoms. The van der Waals surface area contributed by atoms with E-state index >= 15 is 0 Å². The molecule has 2 aromatic rings. The molecule has 1 atom stereocenters. The van der Waals surface area contributed by atoms with Crippen LogP contribution in [0.3, 0.4) is 0 Å². The second-order valence-electron chi connectivity index (χ2n) is 6.82. The highest BCUT2D eigenvalue weighted by Crippen LogP contribution is 2.36. The number of pyridine rings is 1. The maximum atomic E-state index is 6.11. The number of aryl methyl sites for hydroxylation is 1. The Bertz CT molecular complexity index is 670. The fourth-order valence-electron chi connectivity index (χ4n) is 3.65. The van der Waals surface area contributed by atoms with E-state index in [0.717, 1.165) is 49.8 Å². The number of nitrogens with zero attached hydrogens (tertiary/aromatic N) is 3. The molecule has 0 radical (unpaired) electrons. The first-order valence-corrected chi connectivity index (χ1v) is 9.37. The minimum atomic E-state index is -0.00601. The molecule has 0 aromatic carbocycles. The zero-order valence-electron chi connectivity index (χ0n) is 14.0. The minimum Gasteiger partial charge on any atom is -0.372 e. The molecule has 0 aliphatic carbocycles. The number of thiazole rings is 1. The average molecular weight is 345 g/mol. The summed E-state index contributed by atoms with van der Waals surface area (Å²) in [7, 11) is 0. The normalized spacial score (nSPS) is 23.3. The fraction of sp³-hybridized carbons (Fsp3) is 0.556. The summed E-state index contributed by atoms with van der Waals surface area (Å²) in [6.07, 6.45) is 5.96. The third-order valence-corrected chi connectivity index (χ3v) is 5.58. The highest BCUT2D eigenvalue weighted by atomic mass is 32.1. The summed E-state index contributed by atoms with van der Waals surface area (Å²) in [4.78, 5) is 11.0. The van der Waals surface area contributed by atoms with E-state index in [1.54, 1.807) is 11.3 Å². The van der Waals surface area contributed by atoms with Gasteiger partial charge >= 0.3 is 0 Å². The lowest BCUT2D eigenvalue weighted by atomic mass is 9.84. The molecular formula is C18H23N3O2S. The van der Waals surface area contributed by atoms with Crippen LogP contribution in [0, 0.1) is 6.92 Å². The van der Waals surface area contributed by atoms with E-state index in [1.165, 1.54) is 5.56 Å². The molecule has 0 unspecified atom stereocenters. The van der Waals surface area contributed by atoms with Crippen molar-refractivity contribution >= 4 is 11.3 Å². The van der Waals surface area contributed by atoms with Gasteiger partial charge in [-0.3, -0.25) is 9.88 Å². The standard InChI is InChI=1S/C18H23N3O2S/c1-14-20-16(11-24-14)10-22-17-4-7-23-18(8-17)12-21(13-18)9-15-2-5-19-6-3-15/h2-3,5-6,11,17H,4,7-10,12-13H2,1H3/t17-/m1/s1. The molecular weight excluding hydrogens is 322 g/mol. The van der Waals surface area contributed by atoms with Gasteiger partial charge in [0.05, 0.1) is 29.0 Å². The Balaban J connectivity index is 1.26. The van der Waals surface area contributed by atoms with Crippen molar-refractivity contribution in [3.8, 4) is 0 Å². The number of aromatic nitrogens is 2. The molecule has 0 amide bonds. The molecule has 4 rings (SSSR count). The van der Waals surface area contributed by atoms with Crippen molar-refractivity contribution in [1.82, 2.24) is 14.9 Å².